The van der Waals surface area contributed by atoms with E-state index in [1.807, 2.05) is 0 Å². The second-order valence-electron chi connectivity index (χ2n) is 2.97. The summed E-state index contributed by atoms with van der Waals surface area (Å²) in [5, 5.41) is 4.79. The molecule has 0 atom stereocenters. The number of halogens is 1. The Labute approximate surface area is 87.0 Å². The van der Waals surface area contributed by atoms with E-state index in [0.29, 0.717) is 0 Å². The molecule has 6 heteroatoms. The van der Waals surface area contributed by atoms with E-state index in [9.17, 15) is 17.6 Å². The van der Waals surface area contributed by atoms with E-state index < -0.39 is 20.7 Å². The van der Waals surface area contributed by atoms with Gasteiger partial charge in [0.2, 0.25) is 10.0 Å². The fourth-order valence-electron chi connectivity index (χ4n) is 1.10. The molecule has 0 aliphatic carbocycles. The van der Waals surface area contributed by atoms with Crippen molar-refractivity contribution in [3.8, 4) is 0 Å². The SMILES string of the molecule is CCC(=O)c1ccc(F)c(S(N)(=O)=O)c1. The summed E-state index contributed by atoms with van der Waals surface area (Å²) in [6.07, 6.45) is 0.218. The molecular weight excluding hydrogens is 221 g/mol. The molecule has 0 aromatic heterocycles. The predicted octanol–water partition coefficient (Wildman–Crippen LogP) is 1.07. The van der Waals surface area contributed by atoms with E-state index in [2.05, 4.69) is 0 Å². The summed E-state index contributed by atoms with van der Waals surface area (Å²) in [4.78, 5) is 10.6. The molecule has 0 radical (unpaired) electrons. The van der Waals surface area contributed by atoms with Crippen molar-refractivity contribution in [3.63, 3.8) is 0 Å². The lowest BCUT2D eigenvalue weighted by Gasteiger charge is -2.03. The molecule has 0 aliphatic heterocycles. The van der Waals surface area contributed by atoms with Crippen molar-refractivity contribution >= 4 is 15.8 Å². The van der Waals surface area contributed by atoms with Gasteiger partial charge < -0.3 is 0 Å². The third-order valence-electron chi connectivity index (χ3n) is 1.88. The second-order valence-corrected chi connectivity index (χ2v) is 4.50. The Morgan fingerprint density at radius 1 is 1.47 bits per heavy atom. The maximum Gasteiger partial charge on any atom is 0.240 e. The Bertz CT molecular complexity index is 496. The minimum atomic E-state index is -4.12. The van der Waals surface area contributed by atoms with Crippen molar-refractivity contribution < 1.29 is 17.6 Å². The van der Waals surface area contributed by atoms with E-state index >= 15 is 0 Å². The van der Waals surface area contributed by atoms with Gasteiger partial charge >= 0.3 is 0 Å². The van der Waals surface area contributed by atoms with Gasteiger partial charge in [-0.15, -0.1) is 0 Å². The van der Waals surface area contributed by atoms with Crippen LogP contribution in [0.5, 0.6) is 0 Å². The molecule has 0 saturated carbocycles. The first-order valence-corrected chi connectivity index (χ1v) is 5.76. The molecule has 1 rings (SSSR count). The summed E-state index contributed by atoms with van der Waals surface area (Å²) in [7, 11) is -4.12. The fraction of sp³-hybridized carbons (Fsp3) is 0.222. The number of primary sulfonamides is 1. The minimum Gasteiger partial charge on any atom is -0.294 e. The molecule has 82 valence electrons. The number of benzene rings is 1. The van der Waals surface area contributed by atoms with Crippen LogP contribution in [0.4, 0.5) is 4.39 Å². The van der Waals surface area contributed by atoms with Crippen molar-refractivity contribution in [3.05, 3.63) is 29.6 Å². The lowest BCUT2D eigenvalue weighted by molar-refractivity contribution is 0.0988. The number of carbonyl (C=O) groups is 1. The molecule has 0 fully saturated rings. The molecule has 0 unspecified atom stereocenters. The molecule has 1 aromatic carbocycles. The lowest BCUT2D eigenvalue weighted by atomic mass is 10.1. The van der Waals surface area contributed by atoms with Crippen molar-refractivity contribution in [1.82, 2.24) is 0 Å². The third kappa shape index (κ3) is 2.60. The molecule has 15 heavy (non-hydrogen) atoms. The number of rotatable bonds is 3. The topological polar surface area (TPSA) is 77.2 Å². The number of hydrogen-bond acceptors (Lipinski definition) is 3. The summed E-state index contributed by atoms with van der Waals surface area (Å²) >= 11 is 0. The maximum absolute atomic E-state index is 13.1. The number of Topliss-reactive ketones (excluding diaryl/α,β-unsaturated/α-hetero) is 1. The van der Waals surface area contributed by atoms with Gasteiger partial charge in [0.05, 0.1) is 0 Å². The Kier molecular flexibility index (Phi) is 3.21. The van der Waals surface area contributed by atoms with Gasteiger partial charge in [-0.25, -0.2) is 17.9 Å². The molecule has 0 bridgehead atoms. The predicted molar refractivity (Wildman–Crippen MR) is 52.4 cm³/mol. The molecule has 0 amide bonds. The molecule has 1 aromatic rings. The number of nitrogens with two attached hydrogens (primary N) is 1. The van der Waals surface area contributed by atoms with E-state index in [1.54, 1.807) is 6.92 Å². The van der Waals surface area contributed by atoms with E-state index in [0.717, 1.165) is 12.1 Å². The van der Waals surface area contributed by atoms with Gasteiger partial charge in [-0.3, -0.25) is 4.79 Å². The van der Waals surface area contributed by atoms with Gasteiger partial charge in [0.25, 0.3) is 0 Å². The quantitative estimate of drug-likeness (QED) is 0.790. The molecule has 0 aliphatic rings. The smallest absolute Gasteiger partial charge is 0.240 e. The van der Waals surface area contributed by atoms with Crippen LogP contribution >= 0.6 is 0 Å². The molecule has 4 nitrogen and oxygen atoms in total. The van der Waals surface area contributed by atoms with E-state index in [-0.39, 0.29) is 17.8 Å². The van der Waals surface area contributed by atoms with Crippen LogP contribution in [-0.2, 0) is 10.0 Å². The first-order chi connectivity index (χ1) is 6.86. The normalized spacial score (nSPS) is 11.4. The van der Waals surface area contributed by atoms with Crippen LogP contribution in [0.15, 0.2) is 23.1 Å². The van der Waals surface area contributed by atoms with Crippen molar-refractivity contribution in [1.29, 1.82) is 0 Å². The second kappa shape index (κ2) is 4.08. The van der Waals surface area contributed by atoms with Crippen LogP contribution in [0.25, 0.3) is 0 Å². The van der Waals surface area contributed by atoms with Crippen molar-refractivity contribution in [2.45, 2.75) is 18.2 Å². The highest BCUT2D eigenvalue weighted by Gasteiger charge is 2.16. The number of sulfonamides is 1. The standard InChI is InChI=1S/C9H10FNO3S/c1-2-8(12)6-3-4-7(10)9(5-6)15(11,13)14/h3-5H,2H2,1H3,(H2,11,13,14). The average molecular weight is 231 g/mol. The maximum atomic E-state index is 13.1. The van der Waals surface area contributed by atoms with Crippen molar-refractivity contribution in [2.75, 3.05) is 0 Å². The summed E-state index contributed by atoms with van der Waals surface area (Å²) in [5.74, 6) is -1.22. The van der Waals surface area contributed by atoms with Crippen LogP contribution in [0.3, 0.4) is 0 Å². The zero-order chi connectivity index (χ0) is 11.6. The molecule has 2 N–H and O–H groups in total. The van der Waals surface area contributed by atoms with Crippen LogP contribution < -0.4 is 5.14 Å². The Hall–Kier alpha value is -1.27. The zero-order valence-corrected chi connectivity index (χ0v) is 8.84. The van der Waals surface area contributed by atoms with Gasteiger partial charge in [-0.05, 0) is 18.2 Å². The first-order valence-electron chi connectivity index (χ1n) is 4.21. The van der Waals surface area contributed by atoms with Gasteiger partial charge in [0.15, 0.2) is 5.78 Å². The zero-order valence-electron chi connectivity index (χ0n) is 8.03. The van der Waals surface area contributed by atoms with Gasteiger partial charge in [0, 0.05) is 12.0 Å². The Balaban J connectivity index is 3.36. The summed E-state index contributed by atoms with van der Waals surface area (Å²) in [6.45, 7) is 1.63. The van der Waals surface area contributed by atoms with Crippen molar-refractivity contribution in [2.24, 2.45) is 5.14 Å². The van der Waals surface area contributed by atoms with Crippen LogP contribution in [0, 0.1) is 5.82 Å². The first kappa shape index (κ1) is 11.8. The highest BCUT2D eigenvalue weighted by atomic mass is 32.2. The molecule has 0 spiro atoms. The van der Waals surface area contributed by atoms with E-state index in [4.69, 9.17) is 5.14 Å². The molecular formula is C9H10FNO3S. The number of carbonyl (C=O) groups excluding carboxylic acids is 1. The van der Waals surface area contributed by atoms with Gasteiger partial charge in [-0.2, -0.15) is 0 Å². The Morgan fingerprint density at radius 3 is 2.53 bits per heavy atom. The van der Waals surface area contributed by atoms with Gasteiger partial charge in [0.1, 0.15) is 10.7 Å². The summed E-state index contributed by atoms with van der Waals surface area (Å²) < 4.78 is 34.9. The monoisotopic (exact) mass is 231 g/mol. The molecule has 0 heterocycles. The van der Waals surface area contributed by atoms with Crippen LogP contribution in [0.1, 0.15) is 23.7 Å². The summed E-state index contributed by atoms with van der Waals surface area (Å²) in [5.41, 5.74) is 0.142. The highest BCUT2D eigenvalue weighted by Crippen LogP contribution is 2.15. The third-order valence-corrected chi connectivity index (χ3v) is 2.81. The minimum absolute atomic E-state index is 0.142. The Morgan fingerprint density at radius 2 is 2.07 bits per heavy atom. The van der Waals surface area contributed by atoms with Gasteiger partial charge in [-0.1, -0.05) is 6.92 Å². The van der Waals surface area contributed by atoms with Crippen LogP contribution in [0.2, 0.25) is 0 Å². The van der Waals surface area contributed by atoms with E-state index in [1.165, 1.54) is 6.07 Å². The lowest BCUT2D eigenvalue weighted by Crippen LogP contribution is -2.15. The highest BCUT2D eigenvalue weighted by molar-refractivity contribution is 7.89. The average Bonchev–Trinajstić information content (AvgIpc) is 2.15. The number of ketones is 1. The number of hydrogen-bond donors (Lipinski definition) is 1. The largest absolute Gasteiger partial charge is 0.294 e. The fourth-order valence-corrected chi connectivity index (χ4v) is 1.73. The van der Waals surface area contributed by atoms with Crippen LogP contribution in [-0.4, -0.2) is 14.2 Å². The summed E-state index contributed by atoms with van der Waals surface area (Å²) in [6, 6.07) is 3.11. The molecule has 0 saturated heterocycles.